The van der Waals surface area contributed by atoms with Gasteiger partial charge in [-0.25, -0.2) is 0 Å². The van der Waals surface area contributed by atoms with E-state index in [4.69, 9.17) is 0 Å². The van der Waals surface area contributed by atoms with Crippen molar-refractivity contribution in [2.45, 2.75) is 129 Å². The van der Waals surface area contributed by atoms with Gasteiger partial charge in [0.1, 0.15) is 0 Å². The fourth-order valence-electron chi connectivity index (χ4n) is 3.64. The lowest BCUT2D eigenvalue weighted by molar-refractivity contribution is 0.314. The van der Waals surface area contributed by atoms with Gasteiger partial charge in [0.05, 0.1) is 0 Å². The molecule has 0 aromatic carbocycles. The first-order chi connectivity index (χ1) is 12.7. The van der Waals surface area contributed by atoms with Gasteiger partial charge in [-0.15, -0.1) is 11.8 Å². The predicted molar refractivity (Wildman–Crippen MR) is 120 cm³/mol. The van der Waals surface area contributed by atoms with E-state index in [-0.39, 0.29) is 0 Å². The minimum absolute atomic E-state index is 0.849. The van der Waals surface area contributed by atoms with Crippen molar-refractivity contribution >= 4 is 0 Å². The van der Waals surface area contributed by atoms with E-state index in [1.165, 1.54) is 89.9 Å². The van der Waals surface area contributed by atoms with Crippen LogP contribution in [0.3, 0.4) is 0 Å². The van der Waals surface area contributed by atoms with E-state index in [9.17, 15) is 0 Å². The van der Waals surface area contributed by atoms with Gasteiger partial charge < -0.3 is 0 Å². The molecule has 0 N–H and O–H groups in total. The highest BCUT2D eigenvalue weighted by molar-refractivity contribution is 4.98. The zero-order valence-electron chi connectivity index (χ0n) is 18.3. The fraction of sp³-hybridized carbons (Fsp3) is 0.846. The van der Waals surface area contributed by atoms with Crippen LogP contribution in [0.25, 0.3) is 0 Å². The quantitative estimate of drug-likeness (QED) is 0.169. The fourth-order valence-corrected chi connectivity index (χ4v) is 3.64. The van der Waals surface area contributed by atoms with Crippen molar-refractivity contribution < 1.29 is 0 Å². The molecular weight excluding hydrogens is 312 g/mol. The van der Waals surface area contributed by atoms with Crippen molar-refractivity contribution in [3.63, 3.8) is 0 Å². The van der Waals surface area contributed by atoms with Gasteiger partial charge in [-0.05, 0) is 24.7 Å². The van der Waals surface area contributed by atoms with E-state index in [1.807, 2.05) is 0 Å². The average Bonchev–Trinajstić information content (AvgIpc) is 2.63. The Morgan fingerprint density at radius 1 is 0.538 bits per heavy atom. The summed E-state index contributed by atoms with van der Waals surface area (Å²) in [6, 6.07) is 0. The smallest absolute Gasteiger partial charge is 0.00886 e. The summed E-state index contributed by atoms with van der Waals surface area (Å²) in [5.74, 6) is 8.50. The third-order valence-corrected chi connectivity index (χ3v) is 5.57. The summed E-state index contributed by atoms with van der Waals surface area (Å²) in [7, 11) is 0. The maximum absolute atomic E-state index is 3.96. The van der Waals surface area contributed by atoms with E-state index < -0.39 is 0 Å². The molecule has 0 rings (SSSR count). The highest BCUT2D eigenvalue weighted by atomic mass is 14.2. The predicted octanol–water partition coefficient (Wildman–Crippen LogP) is 8.95. The van der Waals surface area contributed by atoms with Crippen LogP contribution in [-0.2, 0) is 0 Å². The standard InChI is InChI=1S/C26H48/c1-5-7-9-10-11-12-13-14-15-16-17-18-19-20-22-24-26(25(3)4)23-21-8-6-2/h25-26H,1-2,5-12,15-24H2,3-4H3. The Kier molecular flexibility index (Phi) is 20.5. The van der Waals surface area contributed by atoms with Gasteiger partial charge in [-0.1, -0.05) is 118 Å². The molecule has 0 spiro atoms. The van der Waals surface area contributed by atoms with Gasteiger partial charge in [-0.3, -0.25) is 0 Å². The number of hydrogen-bond donors (Lipinski definition) is 0. The van der Waals surface area contributed by atoms with Gasteiger partial charge in [-0.2, -0.15) is 0 Å². The maximum atomic E-state index is 3.96. The highest BCUT2D eigenvalue weighted by Crippen LogP contribution is 2.25. The largest absolute Gasteiger partial charge is 0.103 e. The summed E-state index contributed by atoms with van der Waals surface area (Å²) < 4.78 is 0. The number of hydrogen-bond acceptors (Lipinski definition) is 0. The van der Waals surface area contributed by atoms with Crippen LogP contribution in [0.2, 0.25) is 0 Å². The van der Waals surface area contributed by atoms with Gasteiger partial charge in [0.25, 0.3) is 0 Å². The molecule has 0 nitrogen and oxygen atoms in total. The summed E-state index contributed by atoms with van der Waals surface area (Å²) in [5, 5.41) is 0. The Hall–Kier alpha value is -0.440. The molecule has 152 valence electrons. The van der Waals surface area contributed by atoms with E-state index in [2.05, 4.69) is 39.5 Å². The first-order valence-corrected chi connectivity index (χ1v) is 11.8. The molecule has 0 fully saturated rings. The third-order valence-electron chi connectivity index (χ3n) is 5.57. The Morgan fingerprint density at radius 2 is 0.923 bits per heavy atom. The molecule has 0 heterocycles. The first kappa shape index (κ1) is 25.6. The number of rotatable bonds is 18. The summed E-state index contributed by atoms with van der Waals surface area (Å²) in [6.45, 7) is 12.6. The zero-order chi connectivity index (χ0) is 19.3. The summed E-state index contributed by atoms with van der Waals surface area (Å²) >= 11 is 0. The topological polar surface area (TPSA) is 0 Å². The second-order valence-electron chi connectivity index (χ2n) is 8.38. The zero-order valence-corrected chi connectivity index (χ0v) is 18.3. The molecule has 26 heavy (non-hydrogen) atoms. The van der Waals surface area contributed by atoms with Crippen LogP contribution in [-0.4, -0.2) is 0 Å². The van der Waals surface area contributed by atoms with Crippen LogP contribution >= 0.6 is 0 Å². The molecule has 0 saturated carbocycles. The molecule has 1 unspecified atom stereocenters. The third kappa shape index (κ3) is 18.4. The SMILES string of the molecule is [CH2]CCCCCCC#CCCCCCCCCC(CCCC[CH2])C(C)C. The maximum Gasteiger partial charge on any atom is 0.00886 e. The molecule has 0 bridgehead atoms. The average molecular weight is 361 g/mol. The van der Waals surface area contributed by atoms with Gasteiger partial charge in [0.2, 0.25) is 0 Å². The van der Waals surface area contributed by atoms with Crippen LogP contribution in [0.15, 0.2) is 0 Å². The van der Waals surface area contributed by atoms with Crippen molar-refractivity contribution in [1.82, 2.24) is 0 Å². The second kappa shape index (κ2) is 20.9. The van der Waals surface area contributed by atoms with Crippen LogP contribution in [0.4, 0.5) is 0 Å². The molecule has 1 atom stereocenters. The molecule has 0 aliphatic heterocycles. The Labute approximate surface area is 167 Å². The summed E-state index contributed by atoms with van der Waals surface area (Å²) in [6.07, 6.45) is 23.5. The van der Waals surface area contributed by atoms with Crippen molar-refractivity contribution in [2.24, 2.45) is 11.8 Å². The van der Waals surface area contributed by atoms with Gasteiger partial charge in [0.15, 0.2) is 0 Å². The Morgan fingerprint density at radius 3 is 1.42 bits per heavy atom. The summed E-state index contributed by atoms with van der Waals surface area (Å²) in [5.41, 5.74) is 0. The molecule has 0 amide bonds. The van der Waals surface area contributed by atoms with Gasteiger partial charge >= 0.3 is 0 Å². The molecule has 0 aliphatic carbocycles. The van der Waals surface area contributed by atoms with Crippen LogP contribution < -0.4 is 0 Å². The van der Waals surface area contributed by atoms with Crippen molar-refractivity contribution in [3.05, 3.63) is 13.8 Å². The molecular formula is C26H48. The minimum Gasteiger partial charge on any atom is -0.103 e. The number of unbranched alkanes of at least 4 members (excludes halogenated alkanes) is 13. The highest BCUT2D eigenvalue weighted by Gasteiger charge is 2.12. The Balaban J connectivity index is 3.39. The van der Waals surface area contributed by atoms with E-state index >= 15 is 0 Å². The monoisotopic (exact) mass is 360 g/mol. The van der Waals surface area contributed by atoms with Crippen LogP contribution in [0, 0.1) is 37.5 Å². The van der Waals surface area contributed by atoms with Crippen LogP contribution in [0.1, 0.15) is 129 Å². The van der Waals surface area contributed by atoms with E-state index in [0.717, 1.165) is 37.5 Å². The van der Waals surface area contributed by atoms with Crippen molar-refractivity contribution in [1.29, 1.82) is 0 Å². The lowest BCUT2D eigenvalue weighted by atomic mass is 9.86. The summed E-state index contributed by atoms with van der Waals surface area (Å²) in [4.78, 5) is 0. The van der Waals surface area contributed by atoms with Gasteiger partial charge in [0, 0.05) is 12.8 Å². The van der Waals surface area contributed by atoms with E-state index in [0.29, 0.717) is 0 Å². The lowest BCUT2D eigenvalue weighted by Crippen LogP contribution is -2.08. The molecule has 0 heteroatoms. The Bertz CT molecular complexity index is 317. The van der Waals surface area contributed by atoms with Crippen molar-refractivity contribution in [2.75, 3.05) is 0 Å². The van der Waals surface area contributed by atoms with E-state index in [1.54, 1.807) is 0 Å². The van der Waals surface area contributed by atoms with Crippen molar-refractivity contribution in [3.8, 4) is 11.8 Å². The second-order valence-corrected chi connectivity index (χ2v) is 8.38. The first-order valence-electron chi connectivity index (χ1n) is 11.8. The molecule has 0 aromatic rings. The minimum atomic E-state index is 0.849. The lowest BCUT2D eigenvalue weighted by Gasteiger charge is -2.20. The normalized spacial score (nSPS) is 12.2. The molecule has 2 radical (unpaired) electrons. The van der Waals surface area contributed by atoms with Crippen LogP contribution in [0.5, 0.6) is 0 Å². The molecule has 0 saturated heterocycles. The molecule has 0 aromatic heterocycles. The molecule has 0 aliphatic rings.